The second-order valence-electron chi connectivity index (χ2n) is 4.82. The number of rotatable bonds is 4. The van der Waals surface area contributed by atoms with Crippen molar-refractivity contribution in [3.05, 3.63) is 46.5 Å². The van der Waals surface area contributed by atoms with Crippen molar-refractivity contribution in [3.8, 4) is 0 Å². The molecule has 1 aliphatic rings. The lowest BCUT2D eigenvalue weighted by Gasteiger charge is -2.16. The van der Waals surface area contributed by atoms with E-state index in [1.807, 2.05) is 6.92 Å². The fraction of sp³-hybridized carbons (Fsp3) is 0.500. The quantitative estimate of drug-likeness (QED) is 0.473. The summed E-state index contributed by atoms with van der Waals surface area (Å²) in [7, 11) is 0. The van der Waals surface area contributed by atoms with Gasteiger partial charge in [-0.05, 0) is 58.3 Å². The molecule has 0 N–H and O–H groups in total. The lowest BCUT2D eigenvalue weighted by atomic mass is 9.99. The molecule has 0 aromatic rings. The largest absolute Gasteiger partial charge is 0.466 e. The Kier molecular flexibility index (Phi) is 5.27. The highest BCUT2D eigenvalue weighted by atomic mass is 16.5. The van der Waals surface area contributed by atoms with Crippen molar-refractivity contribution in [1.29, 1.82) is 0 Å². The highest BCUT2D eigenvalue weighted by Crippen LogP contribution is 2.25. The monoisotopic (exact) mass is 232 g/mol. The molecule has 17 heavy (non-hydrogen) atoms. The van der Waals surface area contributed by atoms with Crippen molar-refractivity contribution in [3.63, 3.8) is 0 Å². The van der Waals surface area contributed by atoms with E-state index in [4.69, 9.17) is 4.74 Å². The first-order valence-corrected chi connectivity index (χ1v) is 6.41. The van der Waals surface area contributed by atoms with Gasteiger partial charge in [0.15, 0.2) is 0 Å². The zero-order valence-electron chi connectivity index (χ0n) is 11.8. The van der Waals surface area contributed by atoms with Gasteiger partial charge in [0.25, 0.3) is 0 Å². The van der Waals surface area contributed by atoms with Gasteiger partial charge in [0.05, 0.1) is 0 Å². The number of ether oxygens (including phenoxy) is 1. The molecule has 1 heteroatoms. The van der Waals surface area contributed by atoms with E-state index in [1.165, 1.54) is 16.7 Å². The van der Waals surface area contributed by atoms with Crippen LogP contribution in [0.25, 0.3) is 0 Å². The van der Waals surface area contributed by atoms with Crippen LogP contribution >= 0.6 is 0 Å². The molecule has 0 saturated carbocycles. The minimum absolute atomic E-state index is 0.969. The summed E-state index contributed by atoms with van der Waals surface area (Å²) in [6.45, 7) is 10.7. The van der Waals surface area contributed by atoms with E-state index >= 15 is 0 Å². The molecule has 0 radical (unpaired) electrons. The van der Waals surface area contributed by atoms with Gasteiger partial charge in [0, 0.05) is 6.42 Å². The van der Waals surface area contributed by atoms with Gasteiger partial charge in [-0.2, -0.15) is 0 Å². The summed E-state index contributed by atoms with van der Waals surface area (Å²) < 4.78 is 5.85. The van der Waals surface area contributed by atoms with E-state index in [-0.39, 0.29) is 0 Å². The molecule has 0 spiro atoms. The molecule has 0 heterocycles. The van der Waals surface area contributed by atoms with E-state index in [0.29, 0.717) is 0 Å². The lowest BCUT2D eigenvalue weighted by molar-refractivity contribution is 0.290. The summed E-state index contributed by atoms with van der Waals surface area (Å²) in [5, 5.41) is 0. The third-order valence-electron chi connectivity index (χ3n) is 3.25. The smallest absolute Gasteiger partial charge is 0.104 e. The predicted octanol–water partition coefficient (Wildman–Crippen LogP) is 5.28. The van der Waals surface area contributed by atoms with Crippen molar-refractivity contribution in [2.24, 2.45) is 0 Å². The average molecular weight is 232 g/mol. The van der Waals surface area contributed by atoms with Crippen LogP contribution in [0.15, 0.2) is 46.5 Å². The molecule has 0 atom stereocenters. The van der Waals surface area contributed by atoms with Crippen LogP contribution in [-0.4, -0.2) is 0 Å². The summed E-state index contributed by atoms with van der Waals surface area (Å²) in [6.07, 6.45) is 9.58. The van der Waals surface area contributed by atoms with Crippen molar-refractivity contribution < 1.29 is 4.74 Å². The lowest BCUT2D eigenvalue weighted by Crippen LogP contribution is -1.98. The highest BCUT2D eigenvalue weighted by molar-refractivity contribution is 5.29. The van der Waals surface area contributed by atoms with Gasteiger partial charge in [0.2, 0.25) is 0 Å². The molecule has 1 aliphatic carbocycles. The Morgan fingerprint density at radius 1 is 1.24 bits per heavy atom. The van der Waals surface area contributed by atoms with E-state index in [1.54, 1.807) is 0 Å². The standard InChI is InChI=1S/C16H24O/c1-6-12(2)7-9-15(5)17-16-10-8-13(3)14(4)11-16/h7,9,11H,6,8,10H2,1-5H3/b12-7-,15-9+. The average Bonchev–Trinajstić information content (AvgIpc) is 2.31. The van der Waals surface area contributed by atoms with Crippen LogP contribution < -0.4 is 0 Å². The molecule has 1 nitrogen and oxygen atoms in total. The molecule has 0 unspecified atom stereocenters. The molecular weight excluding hydrogens is 208 g/mol. The second kappa shape index (κ2) is 6.48. The van der Waals surface area contributed by atoms with Gasteiger partial charge in [-0.3, -0.25) is 0 Å². The van der Waals surface area contributed by atoms with Gasteiger partial charge < -0.3 is 4.74 Å². The summed E-state index contributed by atoms with van der Waals surface area (Å²) in [6, 6.07) is 0. The molecule has 1 rings (SSSR count). The maximum absolute atomic E-state index is 5.85. The Hall–Kier alpha value is -1.24. The maximum atomic E-state index is 5.85. The SMILES string of the molecule is CC/C(C)=C\C=C(/C)OC1=CC(C)=C(C)CC1. The summed E-state index contributed by atoms with van der Waals surface area (Å²) in [5.74, 6) is 2.06. The van der Waals surface area contributed by atoms with Gasteiger partial charge in [-0.25, -0.2) is 0 Å². The van der Waals surface area contributed by atoms with Crippen LogP contribution in [0.4, 0.5) is 0 Å². The van der Waals surface area contributed by atoms with Crippen molar-refractivity contribution in [2.75, 3.05) is 0 Å². The molecule has 0 fully saturated rings. The number of allylic oxidation sites excluding steroid dienone is 8. The Morgan fingerprint density at radius 2 is 1.94 bits per heavy atom. The first-order valence-electron chi connectivity index (χ1n) is 6.41. The van der Waals surface area contributed by atoms with Crippen LogP contribution in [0.3, 0.4) is 0 Å². The third kappa shape index (κ3) is 4.64. The number of hydrogen-bond acceptors (Lipinski definition) is 1. The second-order valence-corrected chi connectivity index (χ2v) is 4.82. The van der Waals surface area contributed by atoms with Gasteiger partial charge in [-0.1, -0.05) is 24.1 Å². The van der Waals surface area contributed by atoms with Crippen LogP contribution in [0.2, 0.25) is 0 Å². The molecule has 0 bridgehead atoms. The summed E-state index contributed by atoms with van der Waals surface area (Å²) in [4.78, 5) is 0. The minimum Gasteiger partial charge on any atom is -0.466 e. The molecule has 94 valence electrons. The summed E-state index contributed by atoms with van der Waals surface area (Å²) in [5.41, 5.74) is 4.19. The van der Waals surface area contributed by atoms with E-state index in [9.17, 15) is 0 Å². The molecular formula is C16H24O. The predicted molar refractivity (Wildman–Crippen MR) is 74.6 cm³/mol. The molecule has 0 aromatic carbocycles. The Balaban J connectivity index is 2.64. The van der Waals surface area contributed by atoms with E-state index in [0.717, 1.165) is 30.8 Å². The van der Waals surface area contributed by atoms with Crippen molar-refractivity contribution >= 4 is 0 Å². The topological polar surface area (TPSA) is 9.23 Å². The fourth-order valence-corrected chi connectivity index (χ4v) is 1.64. The Morgan fingerprint density at radius 3 is 2.53 bits per heavy atom. The minimum atomic E-state index is 0.969. The Labute approximate surface area is 106 Å². The zero-order chi connectivity index (χ0) is 12.8. The van der Waals surface area contributed by atoms with Crippen LogP contribution in [0.1, 0.15) is 53.9 Å². The van der Waals surface area contributed by atoms with Gasteiger partial charge >= 0.3 is 0 Å². The first-order chi connectivity index (χ1) is 8.02. The van der Waals surface area contributed by atoms with E-state index in [2.05, 4.69) is 45.9 Å². The van der Waals surface area contributed by atoms with Gasteiger partial charge in [0.1, 0.15) is 11.5 Å². The first kappa shape index (κ1) is 13.8. The van der Waals surface area contributed by atoms with Crippen LogP contribution in [0.5, 0.6) is 0 Å². The van der Waals surface area contributed by atoms with Gasteiger partial charge in [-0.15, -0.1) is 0 Å². The Bertz CT molecular complexity index is 392. The zero-order valence-corrected chi connectivity index (χ0v) is 11.8. The van der Waals surface area contributed by atoms with Crippen molar-refractivity contribution in [2.45, 2.75) is 53.9 Å². The molecule has 0 saturated heterocycles. The van der Waals surface area contributed by atoms with Crippen molar-refractivity contribution in [1.82, 2.24) is 0 Å². The third-order valence-corrected chi connectivity index (χ3v) is 3.25. The molecule has 0 aliphatic heterocycles. The molecule has 0 amide bonds. The van der Waals surface area contributed by atoms with E-state index < -0.39 is 0 Å². The normalized spacial score (nSPS) is 18.3. The van der Waals surface area contributed by atoms with Crippen LogP contribution in [0, 0.1) is 0 Å². The molecule has 0 aromatic heterocycles. The maximum Gasteiger partial charge on any atom is 0.104 e. The summed E-state index contributed by atoms with van der Waals surface area (Å²) >= 11 is 0. The highest BCUT2D eigenvalue weighted by Gasteiger charge is 2.08. The number of hydrogen-bond donors (Lipinski definition) is 0. The fourth-order valence-electron chi connectivity index (χ4n) is 1.64. The van der Waals surface area contributed by atoms with Crippen LogP contribution in [-0.2, 0) is 4.74 Å².